The molecule has 1 fully saturated rings. The number of aliphatic hydroxyl groups excluding tert-OH is 1. The van der Waals surface area contributed by atoms with Crippen LogP contribution in [0.5, 0.6) is 0 Å². The Balaban J connectivity index is 1.57. The highest BCUT2D eigenvalue weighted by molar-refractivity contribution is 7.93. The van der Waals surface area contributed by atoms with Gasteiger partial charge in [-0.15, -0.1) is 17.9 Å². The molecule has 1 aromatic carbocycles. The number of fused-ring (bicyclic) bond motifs is 2. The second-order valence-electron chi connectivity index (χ2n) is 10.9. The van der Waals surface area contributed by atoms with Crippen molar-refractivity contribution in [3.05, 3.63) is 53.1 Å². The van der Waals surface area contributed by atoms with Crippen LogP contribution in [-0.4, -0.2) is 49.0 Å². The maximum Gasteiger partial charge on any atom is 0.263 e. The van der Waals surface area contributed by atoms with Crippen molar-refractivity contribution in [2.45, 2.75) is 63.9 Å². The van der Waals surface area contributed by atoms with Crippen LogP contribution >= 0.6 is 11.3 Å². The summed E-state index contributed by atoms with van der Waals surface area (Å²) >= 11 is 1.39. The fourth-order valence-corrected chi connectivity index (χ4v) is 8.79. The number of thiazole rings is 1. The van der Waals surface area contributed by atoms with Crippen molar-refractivity contribution >= 4 is 32.4 Å². The molecule has 6 unspecified atom stereocenters. The number of benzene rings is 1. The number of nitrogens with one attached hydrogen (secondary N) is 1. The fraction of sp³-hybridized carbons (Fsp3) is 0.556. The molecule has 2 aliphatic rings. The Morgan fingerprint density at radius 1 is 1.39 bits per heavy atom. The first-order chi connectivity index (χ1) is 16.9. The summed E-state index contributed by atoms with van der Waals surface area (Å²) in [7, 11) is -1.97. The summed E-state index contributed by atoms with van der Waals surface area (Å²) in [5, 5.41) is 12.0. The van der Waals surface area contributed by atoms with Gasteiger partial charge in [-0.2, -0.15) is 0 Å². The normalized spacial score (nSPS) is 28.5. The van der Waals surface area contributed by atoms with Gasteiger partial charge in [0.2, 0.25) is 5.91 Å². The molecule has 4 rings (SSSR count). The first kappa shape index (κ1) is 26.8. The first-order valence-corrected chi connectivity index (χ1v) is 14.8. The molecular weight excluding hydrogens is 494 g/mol. The van der Waals surface area contributed by atoms with Crippen molar-refractivity contribution in [2.75, 3.05) is 18.3 Å². The maximum atomic E-state index is 13.0. The van der Waals surface area contributed by atoms with Gasteiger partial charge in [-0.3, -0.25) is 9.52 Å². The number of anilines is 1. The molecule has 2 aliphatic carbocycles. The van der Waals surface area contributed by atoms with E-state index in [1.807, 2.05) is 13.8 Å². The van der Waals surface area contributed by atoms with Gasteiger partial charge in [-0.05, 0) is 55.6 Å². The number of likely N-dealkylation sites (N-methyl/N-ethyl adjacent to an activating group) is 1. The summed E-state index contributed by atoms with van der Waals surface area (Å²) in [6.45, 7) is 12.3. The van der Waals surface area contributed by atoms with Crippen molar-refractivity contribution < 1.29 is 18.3 Å². The van der Waals surface area contributed by atoms with Crippen LogP contribution in [0.1, 0.15) is 55.7 Å². The highest BCUT2D eigenvalue weighted by atomic mass is 32.2. The number of rotatable bonds is 7. The SMILES string of the molecule is C=CCN(C)C(=O)C(C)C1CCC2(C)Cc3sc(NS(=O)(=O)c4ccc(C)cc4)nc3C(C)C2C1O. The van der Waals surface area contributed by atoms with Gasteiger partial charge in [0, 0.05) is 30.3 Å². The van der Waals surface area contributed by atoms with Crippen LogP contribution in [-0.2, 0) is 21.2 Å². The van der Waals surface area contributed by atoms with Crippen LogP contribution in [0.2, 0.25) is 0 Å². The van der Waals surface area contributed by atoms with E-state index < -0.39 is 16.1 Å². The minimum Gasteiger partial charge on any atom is -0.392 e. The Bertz CT molecular complexity index is 1240. The Hall–Kier alpha value is -2.23. The van der Waals surface area contributed by atoms with Crippen molar-refractivity contribution in [2.24, 2.45) is 23.2 Å². The molecular formula is C27H37N3O4S2. The zero-order valence-electron chi connectivity index (χ0n) is 21.7. The predicted molar refractivity (Wildman–Crippen MR) is 144 cm³/mol. The van der Waals surface area contributed by atoms with E-state index in [4.69, 9.17) is 4.98 Å². The summed E-state index contributed by atoms with van der Waals surface area (Å²) < 4.78 is 28.5. The van der Waals surface area contributed by atoms with Gasteiger partial charge in [0.1, 0.15) is 0 Å². The van der Waals surface area contributed by atoms with E-state index in [0.717, 1.165) is 35.4 Å². The van der Waals surface area contributed by atoms with E-state index in [1.54, 1.807) is 42.3 Å². The molecule has 1 saturated carbocycles. The molecule has 0 radical (unpaired) electrons. The number of aliphatic hydroxyl groups is 1. The lowest BCUT2D eigenvalue weighted by Gasteiger charge is -2.53. The number of amides is 1. The van der Waals surface area contributed by atoms with E-state index in [0.29, 0.717) is 11.7 Å². The highest BCUT2D eigenvalue weighted by Gasteiger charge is 2.54. The molecule has 1 aromatic heterocycles. The van der Waals surface area contributed by atoms with Crippen molar-refractivity contribution in [3.63, 3.8) is 0 Å². The Morgan fingerprint density at radius 2 is 2.06 bits per heavy atom. The highest BCUT2D eigenvalue weighted by Crippen LogP contribution is 2.57. The third-order valence-corrected chi connectivity index (χ3v) is 10.8. The molecule has 2 N–H and O–H groups in total. The molecule has 196 valence electrons. The molecule has 0 aliphatic heterocycles. The third-order valence-electron chi connectivity index (χ3n) is 8.29. The lowest BCUT2D eigenvalue weighted by atomic mass is 9.53. The minimum atomic E-state index is -3.74. The number of carbonyl (C=O) groups excluding carboxylic acids is 1. The van der Waals surface area contributed by atoms with E-state index in [1.165, 1.54) is 11.3 Å². The van der Waals surface area contributed by atoms with Crippen molar-refractivity contribution in [1.29, 1.82) is 0 Å². The molecule has 0 spiro atoms. The molecule has 2 aromatic rings. The number of carbonyl (C=O) groups is 1. The van der Waals surface area contributed by atoms with Gasteiger partial charge < -0.3 is 10.0 Å². The number of hydrogen-bond acceptors (Lipinski definition) is 6. The Labute approximate surface area is 218 Å². The molecule has 0 saturated heterocycles. The van der Waals surface area contributed by atoms with E-state index in [-0.39, 0.29) is 39.9 Å². The quantitative estimate of drug-likeness (QED) is 0.509. The summed E-state index contributed by atoms with van der Waals surface area (Å²) in [5.41, 5.74) is 1.70. The van der Waals surface area contributed by atoms with Gasteiger partial charge in [-0.25, -0.2) is 13.4 Å². The fourth-order valence-electron chi connectivity index (χ4n) is 6.30. The molecule has 36 heavy (non-hydrogen) atoms. The molecule has 6 atom stereocenters. The number of aryl methyl sites for hydroxylation is 1. The third kappa shape index (κ3) is 4.85. The molecule has 7 nitrogen and oxygen atoms in total. The Kier molecular flexibility index (Phi) is 7.38. The molecule has 1 heterocycles. The van der Waals surface area contributed by atoms with Crippen molar-refractivity contribution in [3.8, 4) is 0 Å². The average Bonchev–Trinajstić information content (AvgIpc) is 3.19. The standard InChI is InChI=1S/C27H37N3O4S2/c1-7-14-30(6)25(32)17(3)20-12-13-27(5)15-21-23(18(4)22(27)24(20)31)28-26(35-21)29-36(33,34)19-10-8-16(2)9-11-19/h7-11,17-18,20,22,24,31H,1,12-15H2,2-6H3,(H,28,29). The molecule has 9 heteroatoms. The number of aromatic nitrogens is 1. The number of sulfonamides is 1. The maximum absolute atomic E-state index is 13.0. The average molecular weight is 532 g/mol. The van der Waals surface area contributed by atoms with Gasteiger partial charge in [-0.1, -0.05) is 44.5 Å². The molecule has 1 amide bonds. The van der Waals surface area contributed by atoms with E-state index in [2.05, 4.69) is 25.1 Å². The predicted octanol–water partition coefficient (Wildman–Crippen LogP) is 4.59. The van der Waals surface area contributed by atoms with E-state index in [9.17, 15) is 18.3 Å². The summed E-state index contributed by atoms with van der Waals surface area (Å²) in [4.78, 5) is 20.6. The minimum absolute atomic E-state index is 0.0214. The Morgan fingerprint density at radius 3 is 2.69 bits per heavy atom. The van der Waals surface area contributed by atoms with Gasteiger partial charge in [0.15, 0.2) is 5.13 Å². The van der Waals surface area contributed by atoms with Crippen LogP contribution in [0.3, 0.4) is 0 Å². The second-order valence-corrected chi connectivity index (χ2v) is 13.6. The second kappa shape index (κ2) is 9.91. The zero-order valence-corrected chi connectivity index (χ0v) is 23.3. The first-order valence-electron chi connectivity index (χ1n) is 12.5. The summed E-state index contributed by atoms with van der Waals surface area (Å²) in [5.74, 6) is -0.528. The van der Waals surface area contributed by atoms with Crippen LogP contribution in [0.25, 0.3) is 0 Å². The lowest BCUT2D eigenvalue weighted by Crippen LogP contribution is -2.53. The largest absolute Gasteiger partial charge is 0.392 e. The van der Waals surface area contributed by atoms with Gasteiger partial charge >= 0.3 is 0 Å². The topological polar surface area (TPSA) is 99.6 Å². The number of hydrogen-bond donors (Lipinski definition) is 2. The van der Waals surface area contributed by atoms with Crippen LogP contribution in [0.15, 0.2) is 41.8 Å². The monoisotopic (exact) mass is 531 g/mol. The van der Waals surface area contributed by atoms with Crippen LogP contribution in [0.4, 0.5) is 5.13 Å². The van der Waals surface area contributed by atoms with Gasteiger partial charge in [0.05, 0.1) is 16.7 Å². The zero-order chi connectivity index (χ0) is 26.4. The summed E-state index contributed by atoms with van der Waals surface area (Å²) in [6, 6.07) is 6.73. The summed E-state index contributed by atoms with van der Waals surface area (Å²) in [6.07, 6.45) is 3.48. The lowest BCUT2D eigenvalue weighted by molar-refractivity contribution is -0.143. The smallest absolute Gasteiger partial charge is 0.263 e. The number of nitrogens with zero attached hydrogens (tertiary/aromatic N) is 2. The van der Waals surface area contributed by atoms with E-state index >= 15 is 0 Å². The van der Waals surface area contributed by atoms with Crippen LogP contribution < -0.4 is 4.72 Å². The van der Waals surface area contributed by atoms with Crippen LogP contribution in [0, 0.1) is 30.1 Å². The van der Waals surface area contributed by atoms with Gasteiger partial charge in [0.25, 0.3) is 10.0 Å². The molecule has 0 bridgehead atoms. The van der Waals surface area contributed by atoms with Crippen molar-refractivity contribution in [1.82, 2.24) is 9.88 Å².